The van der Waals surface area contributed by atoms with Crippen LogP contribution in [0.4, 0.5) is 5.69 Å². The summed E-state index contributed by atoms with van der Waals surface area (Å²) in [7, 11) is 0. The van der Waals surface area contributed by atoms with E-state index in [1.165, 1.54) is 0 Å². The van der Waals surface area contributed by atoms with Gasteiger partial charge in [0, 0.05) is 29.4 Å². The quantitative estimate of drug-likeness (QED) is 0.939. The van der Waals surface area contributed by atoms with E-state index < -0.39 is 5.97 Å². The third-order valence-corrected chi connectivity index (χ3v) is 3.98. The molecule has 0 aromatic heterocycles. The SMILES string of the molecule is O=C(O)C1CN(c2ccc(-c3ccccc3Cl)cc2)C1. The maximum atomic E-state index is 10.8. The van der Waals surface area contributed by atoms with E-state index in [4.69, 9.17) is 16.7 Å². The largest absolute Gasteiger partial charge is 0.481 e. The van der Waals surface area contributed by atoms with Crippen LogP contribution >= 0.6 is 11.6 Å². The predicted molar refractivity (Wildman–Crippen MR) is 80.2 cm³/mol. The minimum atomic E-state index is -0.714. The van der Waals surface area contributed by atoms with Gasteiger partial charge in [-0.1, -0.05) is 41.9 Å². The monoisotopic (exact) mass is 287 g/mol. The number of carbonyl (C=O) groups is 1. The van der Waals surface area contributed by atoms with Crippen molar-refractivity contribution >= 4 is 23.3 Å². The molecule has 1 N–H and O–H groups in total. The molecule has 0 atom stereocenters. The fraction of sp³-hybridized carbons (Fsp3) is 0.188. The fourth-order valence-corrected chi connectivity index (χ4v) is 2.64. The Morgan fingerprint density at radius 2 is 1.75 bits per heavy atom. The van der Waals surface area contributed by atoms with Crippen LogP contribution in [0.15, 0.2) is 48.5 Å². The van der Waals surface area contributed by atoms with Crippen LogP contribution in [0, 0.1) is 5.92 Å². The molecule has 0 bridgehead atoms. The van der Waals surface area contributed by atoms with E-state index in [0.717, 1.165) is 21.8 Å². The lowest BCUT2D eigenvalue weighted by Gasteiger charge is -2.38. The van der Waals surface area contributed by atoms with Gasteiger partial charge in [-0.25, -0.2) is 0 Å². The van der Waals surface area contributed by atoms with Gasteiger partial charge in [0.2, 0.25) is 0 Å². The highest BCUT2D eigenvalue weighted by atomic mass is 35.5. The molecule has 0 radical (unpaired) electrons. The molecule has 0 unspecified atom stereocenters. The maximum Gasteiger partial charge on any atom is 0.310 e. The third-order valence-electron chi connectivity index (χ3n) is 3.65. The van der Waals surface area contributed by atoms with Gasteiger partial charge in [-0.05, 0) is 23.8 Å². The number of hydrogen-bond donors (Lipinski definition) is 1. The van der Waals surface area contributed by atoms with Crippen LogP contribution in [0.3, 0.4) is 0 Å². The Kier molecular flexibility index (Phi) is 3.36. The Balaban J connectivity index is 1.76. The van der Waals surface area contributed by atoms with Crippen molar-refractivity contribution < 1.29 is 9.90 Å². The summed E-state index contributed by atoms with van der Waals surface area (Å²) in [5, 5.41) is 9.61. The summed E-state index contributed by atoms with van der Waals surface area (Å²) in [4.78, 5) is 12.9. The average molecular weight is 288 g/mol. The lowest BCUT2D eigenvalue weighted by Crippen LogP contribution is -2.50. The van der Waals surface area contributed by atoms with Gasteiger partial charge in [0.25, 0.3) is 0 Å². The number of anilines is 1. The number of hydrogen-bond acceptors (Lipinski definition) is 2. The molecule has 102 valence electrons. The topological polar surface area (TPSA) is 40.5 Å². The second-order valence-electron chi connectivity index (χ2n) is 4.97. The van der Waals surface area contributed by atoms with E-state index in [1.54, 1.807) is 0 Å². The van der Waals surface area contributed by atoms with Crippen molar-refractivity contribution in [1.82, 2.24) is 0 Å². The number of benzene rings is 2. The van der Waals surface area contributed by atoms with Crippen LogP contribution in [0.1, 0.15) is 0 Å². The van der Waals surface area contributed by atoms with Crippen molar-refractivity contribution in [2.24, 2.45) is 5.92 Å². The van der Waals surface area contributed by atoms with Crippen molar-refractivity contribution in [2.75, 3.05) is 18.0 Å². The van der Waals surface area contributed by atoms with Crippen molar-refractivity contribution in [3.63, 3.8) is 0 Å². The first kappa shape index (κ1) is 13.0. The maximum absolute atomic E-state index is 10.8. The second-order valence-corrected chi connectivity index (χ2v) is 5.37. The normalized spacial score (nSPS) is 14.9. The summed E-state index contributed by atoms with van der Waals surface area (Å²) < 4.78 is 0. The van der Waals surface area contributed by atoms with Gasteiger partial charge in [-0.3, -0.25) is 4.79 Å². The minimum absolute atomic E-state index is 0.238. The first-order chi connectivity index (χ1) is 9.65. The average Bonchev–Trinajstić information content (AvgIpc) is 2.38. The fourth-order valence-electron chi connectivity index (χ4n) is 2.39. The second kappa shape index (κ2) is 5.17. The molecule has 2 aromatic rings. The number of halogens is 1. The summed E-state index contributed by atoms with van der Waals surface area (Å²) >= 11 is 6.18. The lowest BCUT2D eigenvalue weighted by atomic mass is 9.98. The van der Waals surface area contributed by atoms with Crippen LogP contribution in [0.5, 0.6) is 0 Å². The molecule has 1 heterocycles. The molecule has 4 heteroatoms. The molecule has 1 aliphatic rings. The highest BCUT2D eigenvalue weighted by Gasteiger charge is 2.32. The van der Waals surface area contributed by atoms with Crippen molar-refractivity contribution in [3.05, 3.63) is 53.6 Å². The van der Waals surface area contributed by atoms with Crippen LogP contribution < -0.4 is 4.90 Å². The number of carboxylic acid groups (broad SMARTS) is 1. The van der Waals surface area contributed by atoms with Crippen molar-refractivity contribution in [1.29, 1.82) is 0 Å². The molecule has 1 aliphatic heterocycles. The Bertz CT molecular complexity index is 633. The zero-order valence-corrected chi connectivity index (χ0v) is 11.5. The Labute approximate surface area is 122 Å². The first-order valence-corrected chi connectivity index (χ1v) is 6.85. The van der Waals surface area contributed by atoms with Gasteiger partial charge in [0.15, 0.2) is 0 Å². The molecule has 0 aliphatic carbocycles. The van der Waals surface area contributed by atoms with Gasteiger partial charge in [0.1, 0.15) is 0 Å². The molecule has 0 amide bonds. The molecule has 1 saturated heterocycles. The Morgan fingerprint density at radius 1 is 1.10 bits per heavy atom. The Morgan fingerprint density at radius 3 is 2.35 bits per heavy atom. The van der Waals surface area contributed by atoms with Crippen LogP contribution in [-0.4, -0.2) is 24.2 Å². The van der Waals surface area contributed by atoms with Gasteiger partial charge in [0.05, 0.1) is 5.92 Å². The summed E-state index contributed by atoms with van der Waals surface area (Å²) in [6, 6.07) is 15.8. The lowest BCUT2D eigenvalue weighted by molar-refractivity contribution is -0.142. The molecule has 0 spiro atoms. The number of carboxylic acids is 1. The number of rotatable bonds is 3. The van der Waals surface area contributed by atoms with Gasteiger partial charge < -0.3 is 10.0 Å². The van der Waals surface area contributed by atoms with Crippen LogP contribution in [0.25, 0.3) is 11.1 Å². The molecule has 1 fully saturated rings. The Hall–Kier alpha value is -2.00. The highest BCUT2D eigenvalue weighted by molar-refractivity contribution is 6.33. The molecular weight excluding hydrogens is 274 g/mol. The molecule has 0 saturated carbocycles. The van der Waals surface area contributed by atoms with E-state index in [-0.39, 0.29) is 5.92 Å². The summed E-state index contributed by atoms with van der Waals surface area (Å²) in [5.41, 5.74) is 3.13. The van der Waals surface area contributed by atoms with E-state index in [1.807, 2.05) is 48.5 Å². The standard InChI is InChI=1S/C16H14ClNO2/c17-15-4-2-1-3-14(15)11-5-7-13(8-6-11)18-9-12(10-18)16(19)20/h1-8,12H,9-10H2,(H,19,20). The molecule has 3 rings (SSSR count). The molecule has 2 aromatic carbocycles. The van der Waals surface area contributed by atoms with Crippen LogP contribution in [0.2, 0.25) is 5.02 Å². The summed E-state index contributed by atoms with van der Waals surface area (Å²) in [5.74, 6) is -0.952. The number of aliphatic carboxylic acids is 1. The number of nitrogens with zero attached hydrogens (tertiary/aromatic N) is 1. The van der Waals surface area contributed by atoms with E-state index >= 15 is 0 Å². The summed E-state index contributed by atoms with van der Waals surface area (Å²) in [6.45, 7) is 1.17. The highest BCUT2D eigenvalue weighted by Crippen LogP contribution is 2.31. The molecular formula is C16H14ClNO2. The zero-order valence-electron chi connectivity index (χ0n) is 10.8. The molecule has 3 nitrogen and oxygen atoms in total. The summed E-state index contributed by atoms with van der Waals surface area (Å²) in [6.07, 6.45) is 0. The van der Waals surface area contributed by atoms with Crippen molar-refractivity contribution in [3.8, 4) is 11.1 Å². The van der Waals surface area contributed by atoms with E-state index in [2.05, 4.69) is 4.90 Å². The van der Waals surface area contributed by atoms with E-state index in [0.29, 0.717) is 13.1 Å². The zero-order chi connectivity index (χ0) is 14.1. The van der Waals surface area contributed by atoms with Gasteiger partial charge in [-0.15, -0.1) is 0 Å². The first-order valence-electron chi connectivity index (χ1n) is 6.48. The van der Waals surface area contributed by atoms with E-state index in [9.17, 15) is 4.79 Å². The van der Waals surface area contributed by atoms with Crippen molar-refractivity contribution in [2.45, 2.75) is 0 Å². The van der Waals surface area contributed by atoms with Gasteiger partial charge >= 0.3 is 5.97 Å². The predicted octanol–water partition coefficient (Wildman–Crippen LogP) is 3.53. The minimum Gasteiger partial charge on any atom is -0.481 e. The molecule has 20 heavy (non-hydrogen) atoms. The van der Waals surface area contributed by atoms with Crippen LogP contribution in [-0.2, 0) is 4.79 Å². The van der Waals surface area contributed by atoms with Gasteiger partial charge in [-0.2, -0.15) is 0 Å². The smallest absolute Gasteiger partial charge is 0.310 e. The third kappa shape index (κ3) is 2.37.